The Morgan fingerprint density at radius 2 is 1.58 bits per heavy atom. The van der Waals surface area contributed by atoms with E-state index in [0.29, 0.717) is 12.6 Å². The molecule has 2 aliphatic rings. The van der Waals surface area contributed by atoms with E-state index >= 15 is 0 Å². The number of benzene rings is 1. The Morgan fingerprint density at radius 1 is 0.962 bits per heavy atom. The summed E-state index contributed by atoms with van der Waals surface area (Å²) >= 11 is 0. The molecule has 142 valence electrons. The topological polar surface area (TPSA) is 52.7 Å². The van der Waals surface area contributed by atoms with Crippen LogP contribution in [0.4, 0.5) is 0 Å². The summed E-state index contributed by atoms with van der Waals surface area (Å²) in [5.41, 5.74) is 0.808. The number of ketones is 1. The first-order chi connectivity index (χ1) is 12.7. The molecule has 0 spiro atoms. The molecule has 1 aromatic carbocycles. The van der Waals surface area contributed by atoms with Gasteiger partial charge >= 0.3 is 0 Å². The maximum Gasteiger partial charge on any atom is 0.234 e. The summed E-state index contributed by atoms with van der Waals surface area (Å²) in [6.07, 6.45) is 3.78. The average Bonchev–Trinajstić information content (AvgIpc) is 2.69. The Morgan fingerprint density at radius 3 is 2.19 bits per heavy atom. The average molecular weight is 357 g/mol. The van der Waals surface area contributed by atoms with Crippen LogP contribution in [0.25, 0.3) is 0 Å². The van der Waals surface area contributed by atoms with Crippen LogP contribution < -0.4 is 5.32 Å². The predicted molar refractivity (Wildman–Crippen MR) is 103 cm³/mol. The van der Waals surface area contributed by atoms with Gasteiger partial charge in [0.1, 0.15) is 0 Å². The van der Waals surface area contributed by atoms with E-state index in [2.05, 4.69) is 22.0 Å². The lowest BCUT2D eigenvalue weighted by Crippen LogP contribution is -2.48. The van der Waals surface area contributed by atoms with Gasteiger partial charge in [-0.15, -0.1) is 0 Å². The number of hydrogen-bond acceptors (Lipinski definition) is 4. The molecule has 5 nitrogen and oxygen atoms in total. The zero-order valence-corrected chi connectivity index (χ0v) is 15.8. The second-order valence-electron chi connectivity index (χ2n) is 7.56. The Kier molecular flexibility index (Phi) is 6.80. The Labute approximate surface area is 156 Å². The molecule has 3 rings (SSSR count). The highest BCUT2D eigenvalue weighted by molar-refractivity contribution is 5.97. The molecule has 1 N–H and O–H groups in total. The maximum atomic E-state index is 12.5. The first-order valence-corrected chi connectivity index (χ1v) is 9.99. The van der Waals surface area contributed by atoms with E-state index < -0.39 is 0 Å². The highest BCUT2D eigenvalue weighted by Crippen LogP contribution is 2.21. The molecule has 2 fully saturated rings. The summed E-state index contributed by atoms with van der Waals surface area (Å²) in [6.45, 7) is 7.54. The van der Waals surface area contributed by atoms with Crippen LogP contribution in [0, 0.1) is 5.92 Å². The number of carbonyl (C=O) groups excluding carboxylic acids is 2. The van der Waals surface area contributed by atoms with Gasteiger partial charge in [-0.1, -0.05) is 37.3 Å². The molecule has 1 amide bonds. The fraction of sp³-hybridized carbons (Fsp3) is 0.619. The molecule has 2 aliphatic heterocycles. The van der Waals surface area contributed by atoms with Gasteiger partial charge in [0.15, 0.2) is 5.78 Å². The fourth-order valence-corrected chi connectivity index (χ4v) is 4.06. The molecule has 0 saturated carbocycles. The number of carbonyl (C=O) groups is 2. The molecule has 0 aromatic heterocycles. The maximum absolute atomic E-state index is 12.5. The first kappa shape index (κ1) is 19.1. The summed E-state index contributed by atoms with van der Waals surface area (Å²) < 4.78 is 0. The van der Waals surface area contributed by atoms with Gasteiger partial charge in [0, 0.05) is 30.6 Å². The molecule has 0 aliphatic carbocycles. The molecular weight excluding hydrogens is 326 g/mol. The summed E-state index contributed by atoms with van der Waals surface area (Å²) in [5, 5.41) is 3.20. The number of likely N-dealkylation sites (tertiary alicyclic amines) is 2. The Bertz CT molecular complexity index is 589. The number of nitrogens with one attached hydrogen (secondary N) is 1. The summed E-state index contributed by atoms with van der Waals surface area (Å²) in [4.78, 5) is 29.5. The Balaban J connectivity index is 1.38. The van der Waals surface area contributed by atoms with Gasteiger partial charge in [-0.25, -0.2) is 0 Å². The van der Waals surface area contributed by atoms with Crippen LogP contribution in [-0.4, -0.2) is 66.8 Å². The minimum Gasteiger partial charge on any atom is -0.352 e. The quantitative estimate of drug-likeness (QED) is 0.793. The predicted octanol–water partition coefficient (Wildman–Crippen LogP) is 2.18. The van der Waals surface area contributed by atoms with Crippen LogP contribution >= 0.6 is 0 Å². The van der Waals surface area contributed by atoms with Crippen LogP contribution in [0.1, 0.15) is 43.0 Å². The zero-order chi connectivity index (χ0) is 18.4. The molecule has 2 heterocycles. The highest BCUT2D eigenvalue weighted by Gasteiger charge is 2.27. The van der Waals surface area contributed by atoms with E-state index in [9.17, 15) is 9.59 Å². The van der Waals surface area contributed by atoms with Gasteiger partial charge in [0.25, 0.3) is 0 Å². The number of Topliss-reactive ketones (excluding diaryl/α,β-unsaturated/α-hetero) is 1. The fourth-order valence-electron chi connectivity index (χ4n) is 4.06. The van der Waals surface area contributed by atoms with E-state index in [1.165, 1.54) is 0 Å². The van der Waals surface area contributed by atoms with E-state index in [0.717, 1.165) is 64.0 Å². The third kappa shape index (κ3) is 5.15. The smallest absolute Gasteiger partial charge is 0.234 e. The number of amides is 1. The van der Waals surface area contributed by atoms with Crippen molar-refractivity contribution in [3.8, 4) is 0 Å². The van der Waals surface area contributed by atoms with E-state index in [1.807, 2.05) is 30.3 Å². The largest absolute Gasteiger partial charge is 0.352 e. The SMILES string of the molecule is CCN1CCC(NC(=O)CN2CCC(C(=O)c3ccccc3)CC2)CC1. The van der Waals surface area contributed by atoms with Crippen molar-refractivity contribution in [2.75, 3.05) is 39.3 Å². The number of piperidine rings is 2. The van der Waals surface area contributed by atoms with Crippen molar-refractivity contribution in [2.45, 2.75) is 38.6 Å². The molecular formula is C21H31N3O2. The van der Waals surface area contributed by atoms with Crippen molar-refractivity contribution in [1.29, 1.82) is 0 Å². The first-order valence-electron chi connectivity index (χ1n) is 9.99. The van der Waals surface area contributed by atoms with Gasteiger partial charge in [-0.3, -0.25) is 14.5 Å². The van der Waals surface area contributed by atoms with E-state index in [1.54, 1.807) is 0 Å². The van der Waals surface area contributed by atoms with Gasteiger partial charge in [0.2, 0.25) is 5.91 Å². The van der Waals surface area contributed by atoms with Crippen molar-refractivity contribution in [3.05, 3.63) is 35.9 Å². The second-order valence-corrected chi connectivity index (χ2v) is 7.56. The van der Waals surface area contributed by atoms with Crippen LogP contribution in [0.3, 0.4) is 0 Å². The van der Waals surface area contributed by atoms with Crippen molar-refractivity contribution < 1.29 is 9.59 Å². The van der Waals surface area contributed by atoms with Crippen LogP contribution in [0.2, 0.25) is 0 Å². The third-order valence-electron chi connectivity index (χ3n) is 5.78. The number of hydrogen-bond donors (Lipinski definition) is 1. The highest BCUT2D eigenvalue weighted by atomic mass is 16.2. The van der Waals surface area contributed by atoms with E-state index in [4.69, 9.17) is 0 Å². The van der Waals surface area contributed by atoms with Gasteiger partial charge < -0.3 is 10.2 Å². The monoisotopic (exact) mass is 357 g/mol. The van der Waals surface area contributed by atoms with Gasteiger partial charge in [0.05, 0.1) is 6.54 Å². The summed E-state index contributed by atoms with van der Waals surface area (Å²) in [7, 11) is 0. The summed E-state index contributed by atoms with van der Waals surface area (Å²) in [5.74, 6) is 0.472. The molecule has 0 unspecified atom stereocenters. The van der Waals surface area contributed by atoms with Crippen LogP contribution in [0.5, 0.6) is 0 Å². The van der Waals surface area contributed by atoms with E-state index in [-0.39, 0.29) is 17.6 Å². The molecule has 5 heteroatoms. The lowest BCUT2D eigenvalue weighted by Gasteiger charge is -2.33. The van der Waals surface area contributed by atoms with Crippen molar-refractivity contribution in [3.63, 3.8) is 0 Å². The van der Waals surface area contributed by atoms with Crippen molar-refractivity contribution >= 4 is 11.7 Å². The van der Waals surface area contributed by atoms with Gasteiger partial charge in [-0.2, -0.15) is 0 Å². The van der Waals surface area contributed by atoms with Crippen LogP contribution in [0.15, 0.2) is 30.3 Å². The third-order valence-corrected chi connectivity index (χ3v) is 5.78. The normalized spacial score (nSPS) is 20.8. The lowest BCUT2D eigenvalue weighted by molar-refractivity contribution is -0.123. The standard InChI is InChI=1S/C21H31N3O2/c1-2-23-14-10-19(11-15-23)22-20(25)16-24-12-8-18(9-13-24)21(26)17-6-4-3-5-7-17/h3-7,18-19H,2,8-16H2,1H3,(H,22,25). The number of nitrogens with zero attached hydrogens (tertiary/aromatic N) is 2. The van der Waals surface area contributed by atoms with Crippen LogP contribution in [-0.2, 0) is 4.79 Å². The summed E-state index contributed by atoms with van der Waals surface area (Å²) in [6, 6.07) is 9.87. The van der Waals surface area contributed by atoms with Crippen molar-refractivity contribution in [2.24, 2.45) is 5.92 Å². The lowest BCUT2D eigenvalue weighted by atomic mass is 9.89. The minimum atomic E-state index is 0.0927. The Hall–Kier alpha value is -1.72. The van der Waals surface area contributed by atoms with Gasteiger partial charge in [-0.05, 0) is 45.3 Å². The number of rotatable bonds is 6. The molecule has 0 atom stereocenters. The zero-order valence-electron chi connectivity index (χ0n) is 15.8. The minimum absolute atomic E-state index is 0.0927. The molecule has 26 heavy (non-hydrogen) atoms. The molecule has 2 saturated heterocycles. The molecule has 1 aromatic rings. The second kappa shape index (κ2) is 9.28. The molecule has 0 radical (unpaired) electrons. The molecule has 0 bridgehead atoms. The van der Waals surface area contributed by atoms with Crippen molar-refractivity contribution in [1.82, 2.24) is 15.1 Å².